The van der Waals surface area contributed by atoms with E-state index in [1.165, 1.54) is 11.1 Å². The molecule has 1 aromatic carbocycles. The minimum absolute atomic E-state index is 0.0101. The largest absolute Gasteiger partial charge is 0.480 e. The Morgan fingerprint density at radius 2 is 1.88 bits per heavy atom. The molecule has 0 unspecified atom stereocenters. The summed E-state index contributed by atoms with van der Waals surface area (Å²) in [5.74, 6) is -1.66. The standard InChI is InChI=1S/C19H25NO4/c1-3-12(2)18(19(23)24)20-17(22)10-9-16(21)15-8-7-13-5-4-6-14(13)11-15/h7-8,11-12,18H,3-6,9-10H2,1-2H3,(H,20,22)(H,23,24)/t12-,18-/m0/s1. The lowest BCUT2D eigenvalue weighted by atomic mass is 9.98. The molecule has 5 heteroatoms. The molecular weight excluding hydrogens is 306 g/mol. The maximum absolute atomic E-state index is 12.3. The zero-order chi connectivity index (χ0) is 17.7. The van der Waals surface area contributed by atoms with Gasteiger partial charge in [-0.05, 0) is 42.4 Å². The van der Waals surface area contributed by atoms with E-state index in [1.54, 1.807) is 6.92 Å². The number of carboxylic acids is 1. The van der Waals surface area contributed by atoms with E-state index in [0.717, 1.165) is 19.3 Å². The van der Waals surface area contributed by atoms with E-state index in [9.17, 15) is 19.5 Å². The van der Waals surface area contributed by atoms with E-state index in [2.05, 4.69) is 5.32 Å². The van der Waals surface area contributed by atoms with Crippen LogP contribution in [-0.4, -0.2) is 28.8 Å². The lowest BCUT2D eigenvalue weighted by molar-refractivity contribution is -0.143. The van der Waals surface area contributed by atoms with Crippen molar-refractivity contribution in [2.75, 3.05) is 0 Å². The number of rotatable bonds is 8. The van der Waals surface area contributed by atoms with Crippen LogP contribution in [0.2, 0.25) is 0 Å². The molecule has 0 bridgehead atoms. The van der Waals surface area contributed by atoms with E-state index in [-0.39, 0.29) is 24.5 Å². The van der Waals surface area contributed by atoms with Gasteiger partial charge < -0.3 is 10.4 Å². The van der Waals surface area contributed by atoms with E-state index in [4.69, 9.17) is 0 Å². The normalized spacial score (nSPS) is 15.4. The highest BCUT2D eigenvalue weighted by atomic mass is 16.4. The van der Waals surface area contributed by atoms with Gasteiger partial charge in [0.15, 0.2) is 5.78 Å². The molecule has 1 aromatic rings. The number of aliphatic carboxylic acids is 1. The number of fused-ring (bicyclic) bond motifs is 1. The molecule has 0 aliphatic heterocycles. The second-order valence-corrected chi connectivity index (χ2v) is 6.53. The van der Waals surface area contributed by atoms with Crippen molar-refractivity contribution in [3.05, 3.63) is 34.9 Å². The first-order chi connectivity index (χ1) is 11.4. The summed E-state index contributed by atoms with van der Waals surface area (Å²) < 4.78 is 0. The zero-order valence-corrected chi connectivity index (χ0v) is 14.3. The molecule has 1 aliphatic carbocycles. The molecule has 2 N–H and O–H groups in total. The average Bonchev–Trinajstić information content (AvgIpc) is 3.04. The summed E-state index contributed by atoms with van der Waals surface area (Å²) in [5.41, 5.74) is 3.18. The lowest BCUT2D eigenvalue weighted by Gasteiger charge is -2.20. The van der Waals surface area contributed by atoms with Gasteiger partial charge >= 0.3 is 5.97 Å². The van der Waals surface area contributed by atoms with E-state index >= 15 is 0 Å². The summed E-state index contributed by atoms with van der Waals surface area (Å²) >= 11 is 0. The Labute approximate surface area is 142 Å². The monoisotopic (exact) mass is 331 g/mol. The summed E-state index contributed by atoms with van der Waals surface area (Å²) in [4.78, 5) is 35.5. The molecular formula is C19H25NO4. The van der Waals surface area contributed by atoms with Crippen LogP contribution in [0, 0.1) is 5.92 Å². The van der Waals surface area contributed by atoms with Gasteiger partial charge in [0.25, 0.3) is 0 Å². The van der Waals surface area contributed by atoms with Crippen molar-refractivity contribution < 1.29 is 19.5 Å². The van der Waals surface area contributed by atoms with Crippen LogP contribution in [0.5, 0.6) is 0 Å². The fraction of sp³-hybridized carbons (Fsp3) is 0.526. The summed E-state index contributed by atoms with van der Waals surface area (Å²) in [5, 5.41) is 11.7. The number of aryl methyl sites for hydroxylation is 2. The maximum Gasteiger partial charge on any atom is 0.326 e. The molecule has 1 amide bonds. The highest BCUT2D eigenvalue weighted by Crippen LogP contribution is 2.23. The molecule has 2 rings (SSSR count). The first-order valence-electron chi connectivity index (χ1n) is 8.59. The third-order valence-electron chi connectivity index (χ3n) is 4.80. The van der Waals surface area contributed by atoms with Crippen LogP contribution in [0.25, 0.3) is 0 Å². The smallest absolute Gasteiger partial charge is 0.326 e. The van der Waals surface area contributed by atoms with Crippen LogP contribution in [0.4, 0.5) is 0 Å². The predicted molar refractivity (Wildman–Crippen MR) is 91.1 cm³/mol. The Morgan fingerprint density at radius 3 is 2.54 bits per heavy atom. The molecule has 2 atom stereocenters. The average molecular weight is 331 g/mol. The highest BCUT2D eigenvalue weighted by Gasteiger charge is 2.25. The molecule has 0 heterocycles. The van der Waals surface area contributed by atoms with Crippen LogP contribution in [0.1, 0.15) is 61.0 Å². The van der Waals surface area contributed by atoms with Crippen molar-refractivity contribution in [2.45, 2.75) is 58.4 Å². The third-order valence-corrected chi connectivity index (χ3v) is 4.80. The van der Waals surface area contributed by atoms with Crippen molar-refractivity contribution in [1.82, 2.24) is 5.32 Å². The Kier molecular flexibility index (Phi) is 6.12. The number of Topliss-reactive ketones (excluding diaryl/α,β-unsaturated/α-hetero) is 1. The first-order valence-corrected chi connectivity index (χ1v) is 8.59. The third kappa shape index (κ3) is 4.43. The second-order valence-electron chi connectivity index (χ2n) is 6.53. The van der Waals surface area contributed by atoms with Crippen LogP contribution < -0.4 is 5.32 Å². The topological polar surface area (TPSA) is 83.5 Å². The number of amides is 1. The summed E-state index contributed by atoms with van der Waals surface area (Å²) in [6.45, 7) is 3.67. The van der Waals surface area contributed by atoms with Crippen LogP contribution in [0.15, 0.2) is 18.2 Å². The fourth-order valence-corrected chi connectivity index (χ4v) is 3.05. The highest BCUT2D eigenvalue weighted by molar-refractivity contribution is 5.98. The van der Waals surface area contributed by atoms with Crippen molar-refractivity contribution in [3.63, 3.8) is 0 Å². The molecule has 0 radical (unpaired) electrons. The quantitative estimate of drug-likeness (QED) is 0.718. The van der Waals surface area contributed by atoms with Crippen LogP contribution in [-0.2, 0) is 22.4 Å². The molecule has 0 saturated carbocycles. The molecule has 24 heavy (non-hydrogen) atoms. The number of carbonyl (C=O) groups is 3. The van der Waals surface area contributed by atoms with Crippen LogP contribution >= 0.6 is 0 Å². The minimum Gasteiger partial charge on any atom is -0.480 e. The van der Waals surface area contributed by atoms with Crippen molar-refractivity contribution in [3.8, 4) is 0 Å². The van der Waals surface area contributed by atoms with Crippen molar-refractivity contribution in [1.29, 1.82) is 0 Å². The molecule has 1 aliphatic rings. The molecule has 0 aromatic heterocycles. The lowest BCUT2D eigenvalue weighted by Crippen LogP contribution is -2.45. The molecule has 5 nitrogen and oxygen atoms in total. The Balaban J connectivity index is 1.89. The molecule has 0 spiro atoms. The number of nitrogens with one attached hydrogen (secondary N) is 1. The number of ketones is 1. The van der Waals surface area contributed by atoms with Gasteiger partial charge in [0.2, 0.25) is 5.91 Å². The van der Waals surface area contributed by atoms with Gasteiger partial charge in [0, 0.05) is 18.4 Å². The Morgan fingerprint density at radius 1 is 1.17 bits per heavy atom. The van der Waals surface area contributed by atoms with Crippen molar-refractivity contribution >= 4 is 17.7 Å². The fourth-order valence-electron chi connectivity index (χ4n) is 3.05. The zero-order valence-electron chi connectivity index (χ0n) is 14.3. The SMILES string of the molecule is CC[C@H](C)[C@H](NC(=O)CCC(=O)c1ccc2c(c1)CCC2)C(=O)O. The minimum atomic E-state index is -1.04. The van der Waals surface area contributed by atoms with E-state index in [1.807, 2.05) is 25.1 Å². The van der Waals surface area contributed by atoms with Gasteiger partial charge in [-0.25, -0.2) is 4.79 Å². The van der Waals surface area contributed by atoms with Gasteiger partial charge in [-0.2, -0.15) is 0 Å². The Bertz CT molecular complexity index is 638. The summed E-state index contributed by atoms with van der Waals surface area (Å²) in [6.07, 6.45) is 3.96. The van der Waals surface area contributed by atoms with Gasteiger partial charge in [-0.3, -0.25) is 9.59 Å². The van der Waals surface area contributed by atoms with E-state index < -0.39 is 17.9 Å². The predicted octanol–water partition coefficient (Wildman–Crippen LogP) is 2.75. The van der Waals surface area contributed by atoms with E-state index in [0.29, 0.717) is 12.0 Å². The number of carbonyl (C=O) groups excluding carboxylic acids is 2. The number of hydrogen-bond acceptors (Lipinski definition) is 3. The summed E-state index contributed by atoms with van der Waals surface area (Å²) in [6, 6.07) is 4.85. The molecule has 0 saturated heterocycles. The summed E-state index contributed by atoms with van der Waals surface area (Å²) in [7, 11) is 0. The molecule has 130 valence electrons. The van der Waals surface area contributed by atoms with Crippen molar-refractivity contribution in [2.24, 2.45) is 5.92 Å². The van der Waals surface area contributed by atoms with Gasteiger partial charge in [-0.15, -0.1) is 0 Å². The number of carboxylic acid groups (broad SMARTS) is 1. The Hall–Kier alpha value is -2.17. The maximum atomic E-state index is 12.3. The number of benzene rings is 1. The number of hydrogen-bond donors (Lipinski definition) is 2. The first kappa shape index (κ1) is 18.2. The second kappa shape index (κ2) is 8.08. The van der Waals surface area contributed by atoms with Gasteiger partial charge in [-0.1, -0.05) is 32.4 Å². The van der Waals surface area contributed by atoms with Gasteiger partial charge in [0.05, 0.1) is 0 Å². The molecule has 0 fully saturated rings. The van der Waals surface area contributed by atoms with Gasteiger partial charge in [0.1, 0.15) is 6.04 Å². The van der Waals surface area contributed by atoms with Crippen LogP contribution in [0.3, 0.4) is 0 Å².